The predicted molar refractivity (Wildman–Crippen MR) is 253 cm³/mol. The number of nitrogens with one attached hydrogen (secondary N) is 1. The molecule has 19 heteroatoms. The van der Waals surface area contributed by atoms with Gasteiger partial charge in [-0.05, 0) is 86.3 Å². The zero-order valence-electron chi connectivity index (χ0n) is 39.2. The van der Waals surface area contributed by atoms with Crippen molar-refractivity contribution in [2.75, 3.05) is 69.9 Å². The van der Waals surface area contributed by atoms with Gasteiger partial charge in [-0.15, -0.1) is 0 Å². The van der Waals surface area contributed by atoms with Crippen LogP contribution >= 0.6 is 0 Å². The molecule has 5 heterocycles. The Morgan fingerprint density at radius 3 is 2.32 bits per heavy atom. The van der Waals surface area contributed by atoms with Gasteiger partial charge in [0, 0.05) is 70.4 Å². The van der Waals surface area contributed by atoms with Crippen LogP contribution in [0.3, 0.4) is 0 Å². The Bertz CT molecular complexity index is 2960. The number of carbonyl (C=O) groups is 4. The van der Waals surface area contributed by atoms with E-state index in [9.17, 15) is 27.6 Å². The van der Waals surface area contributed by atoms with Crippen LogP contribution in [0.25, 0.3) is 10.9 Å². The minimum atomic E-state index is -3.70. The summed E-state index contributed by atoms with van der Waals surface area (Å²) in [6.07, 6.45) is 1.91. The normalized spacial score (nSPS) is 21.6. The van der Waals surface area contributed by atoms with E-state index in [2.05, 4.69) is 10.4 Å². The second kappa shape index (κ2) is 18.5. The number of imide groups is 2. The summed E-state index contributed by atoms with van der Waals surface area (Å²) in [4.78, 5) is 59.6. The molecule has 364 valence electrons. The van der Waals surface area contributed by atoms with Gasteiger partial charge in [0.15, 0.2) is 11.5 Å². The Morgan fingerprint density at radius 1 is 0.899 bits per heavy atom. The molecule has 16 nitrogen and oxygen atoms in total. The largest absolute Gasteiger partial charge is 0.493 e. The number of nitrogens with zero attached hydrogens (tertiary/aromatic N) is 6. The molecule has 0 bridgehead atoms. The fourth-order valence-electron chi connectivity index (χ4n) is 10.3. The summed E-state index contributed by atoms with van der Waals surface area (Å²) in [7, 11) is -0.435. The van der Waals surface area contributed by atoms with Gasteiger partial charge in [-0.25, -0.2) is 17.2 Å². The van der Waals surface area contributed by atoms with E-state index < -0.39 is 57.4 Å². The number of piperidine rings is 2. The van der Waals surface area contributed by atoms with Crippen molar-refractivity contribution >= 4 is 50.1 Å². The van der Waals surface area contributed by atoms with Crippen molar-refractivity contribution in [3.63, 3.8) is 0 Å². The van der Waals surface area contributed by atoms with E-state index in [1.165, 1.54) is 7.11 Å². The second-order valence-corrected chi connectivity index (χ2v) is 20.7. The molecule has 5 aromatic rings. The van der Waals surface area contributed by atoms with Crippen LogP contribution in [0.15, 0.2) is 78.9 Å². The van der Waals surface area contributed by atoms with E-state index >= 15 is 8.78 Å². The molecule has 0 saturated carbocycles. The van der Waals surface area contributed by atoms with Crippen LogP contribution in [0.1, 0.15) is 76.7 Å². The van der Waals surface area contributed by atoms with Gasteiger partial charge in [0.2, 0.25) is 11.8 Å². The zero-order chi connectivity index (χ0) is 49.0. The number of amides is 4. The number of anilines is 1. The molecule has 0 radical (unpaired) electrons. The van der Waals surface area contributed by atoms with Gasteiger partial charge in [-0.1, -0.05) is 24.3 Å². The number of alkyl halides is 2. The molecular weight excluding hydrogens is 913 g/mol. The lowest BCUT2D eigenvalue weighted by Crippen LogP contribution is -2.61. The third-order valence-corrected chi connectivity index (χ3v) is 14.7. The molecule has 0 aliphatic carbocycles. The predicted octanol–water partition coefficient (Wildman–Crippen LogP) is 5.88. The molecule has 3 fully saturated rings. The molecule has 9 rings (SSSR count). The maximum absolute atomic E-state index is 16.1. The summed E-state index contributed by atoms with van der Waals surface area (Å²) in [6, 6.07) is 20.5. The van der Waals surface area contributed by atoms with Gasteiger partial charge in [-0.3, -0.25) is 43.9 Å². The lowest BCUT2D eigenvalue weighted by Gasteiger charge is -2.46. The number of likely N-dealkylation sites (tertiary alicyclic amines) is 1. The van der Waals surface area contributed by atoms with Crippen molar-refractivity contribution in [1.29, 1.82) is 0 Å². The smallest absolute Gasteiger partial charge is 0.275 e. The Morgan fingerprint density at radius 2 is 1.64 bits per heavy atom. The molecule has 4 aliphatic heterocycles. The average Bonchev–Trinajstić information content (AvgIpc) is 3.78. The highest BCUT2D eigenvalue weighted by Crippen LogP contribution is 2.41. The minimum Gasteiger partial charge on any atom is -0.493 e. The van der Waals surface area contributed by atoms with Crippen molar-refractivity contribution < 1.29 is 50.6 Å². The van der Waals surface area contributed by atoms with E-state index in [0.717, 1.165) is 27.6 Å². The summed E-state index contributed by atoms with van der Waals surface area (Å²) in [5.41, 5.74) is 2.47. The fourth-order valence-corrected chi connectivity index (χ4v) is 11.2. The number of sulfone groups is 1. The van der Waals surface area contributed by atoms with Crippen LogP contribution in [0, 0.1) is 0 Å². The molecule has 69 heavy (non-hydrogen) atoms. The quantitative estimate of drug-likeness (QED) is 0.131. The van der Waals surface area contributed by atoms with Gasteiger partial charge in [0.05, 0.1) is 71.5 Å². The standard InChI is InChI=1S/C50H55F2N7O9S/c1-6-67-41-26-32(12-17-40(41)66-4)39(29-69(5,64)65)59-46(61)36-8-7-9-37(44(36)47(59)62)57-22-24-58(25-23-57)42-19-21-56(30-50(42,51)52)28-31-10-13-33(14-11-31)68-34-15-16-35-38(27-34)55(3)54-45(35)49(2)20-18-43(60)53-48(49)63/h7-17,26-27,39,42H,6,18-25,28-30H2,1-5H3,(H,53,60,63)/t39-,42-,49+/m1/s1. The summed E-state index contributed by atoms with van der Waals surface area (Å²) < 4.78 is 76.7. The molecule has 3 saturated heterocycles. The lowest BCUT2D eigenvalue weighted by atomic mass is 9.77. The Balaban J connectivity index is 0.818. The molecule has 4 aromatic carbocycles. The SMILES string of the molecule is CCOc1cc([C@@H](CS(C)(=O)=O)N2C(=O)c3cccc(N4CCN([C@@H]5CCN(Cc6ccc(Oc7ccc8c([C@]9(C)CCC(=O)NC9=O)nn(C)c8c7)cc6)CC5(F)F)CC4)c3C2=O)ccc1OC. The number of rotatable bonds is 14. The van der Waals surface area contributed by atoms with Crippen molar-refractivity contribution in [2.24, 2.45) is 7.05 Å². The summed E-state index contributed by atoms with van der Waals surface area (Å²) in [6.45, 7) is 5.58. The van der Waals surface area contributed by atoms with Crippen molar-refractivity contribution in [1.82, 2.24) is 29.8 Å². The Kier molecular flexibility index (Phi) is 12.7. The highest BCUT2D eigenvalue weighted by molar-refractivity contribution is 7.90. The van der Waals surface area contributed by atoms with E-state index in [0.29, 0.717) is 92.2 Å². The number of fused-ring (bicyclic) bond motifs is 2. The third-order valence-electron chi connectivity index (χ3n) is 13.8. The lowest BCUT2D eigenvalue weighted by molar-refractivity contribution is -0.137. The van der Waals surface area contributed by atoms with Crippen molar-refractivity contribution in [3.8, 4) is 23.0 Å². The highest BCUT2D eigenvalue weighted by atomic mass is 32.2. The van der Waals surface area contributed by atoms with Gasteiger partial charge >= 0.3 is 0 Å². The number of halogens is 2. The molecule has 1 aromatic heterocycles. The molecular formula is C50H55F2N7O9S. The van der Waals surface area contributed by atoms with Crippen molar-refractivity contribution in [2.45, 2.75) is 63.1 Å². The number of hydrogen-bond donors (Lipinski definition) is 1. The number of aryl methyl sites for hydroxylation is 1. The summed E-state index contributed by atoms with van der Waals surface area (Å²) >= 11 is 0. The van der Waals surface area contributed by atoms with Crippen LogP contribution in [-0.4, -0.2) is 133 Å². The van der Waals surface area contributed by atoms with Gasteiger partial charge in [0.1, 0.15) is 21.3 Å². The number of carbonyl (C=O) groups excluding carboxylic acids is 4. The zero-order valence-corrected chi connectivity index (χ0v) is 40.0. The Labute approximate surface area is 399 Å². The van der Waals surface area contributed by atoms with Crippen LogP contribution in [0.2, 0.25) is 0 Å². The first-order chi connectivity index (χ1) is 32.9. The molecule has 0 unspecified atom stereocenters. The first-order valence-electron chi connectivity index (χ1n) is 23.0. The first kappa shape index (κ1) is 47.6. The number of aromatic nitrogens is 2. The maximum atomic E-state index is 16.1. The van der Waals surface area contributed by atoms with Crippen molar-refractivity contribution in [3.05, 3.63) is 107 Å². The van der Waals surface area contributed by atoms with Crippen LogP contribution in [0.5, 0.6) is 23.0 Å². The van der Waals surface area contributed by atoms with E-state index in [-0.39, 0.29) is 35.8 Å². The summed E-state index contributed by atoms with van der Waals surface area (Å²) in [5, 5.41) is 7.89. The van der Waals surface area contributed by atoms with Crippen LogP contribution < -0.4 is 24.4 Å². The molecule has 4 aliphatic rings. The van der Waals surface area contributed by atoms with E-state index in [1.807, 2.05) is 34.1 Å². The van der Waals surface area contributed by atoms with Gasteiger partial charge in [-0.2, -0.15) is 5.10 Å². The highest BCUT2D eigenvalue weighted by Gasteiger charge is 2.49. The topological polar surface area (TPSA) is 173 Å². The molecule has 1 N–H and O–H groups in total. The number of benzene rings is 4. The maximum Gasteiger partial charge on any atom is 0.275 e. The monoisotopic (exact) mass is 967 g/mol. The number of piperazine rings is 1. The van der Waals surface area contributed by atoms with Crippen LogP contribution in [-0.2, 0) is 38.4 Å². The minimum absolute atomic E-state index is 0.152. The second-order valence-electron chi connectivity index (χ2n) is 18.5. The first-order valence-corrected chi connectivity index (χ1v) is 25.1. The number of hydrogen-bond acceptors (Lipinski definition) is 13. The van der Waals surface area contributed by atoms with E-state index in [4.69, 9.17) is 14.2 Å². The van der Waals surface area contributed by atoms with Crippen LogP contribution in [0.4, 0.5) is 14.5 Å². The molecule has 3 atom stereocenters. The average molecular weight is 968 g/mol. The van der Waals surface area contributed by atoms with Gasteiger partial charge in [0.25, 0.3) is 17.7 Å². The third kappa shape index (κ3) is 9.26. The summed E-state index contributed by atoms with van der Waals surface area (Å²) in [5.74, 6) is -3.53. The fraction of sp³-hybridized carbons (Fsp3) is 0.420. The Hall–Kier alpha value is -6.44. The van der Waals surface area contributed by atoms with Gasteiger partial charge < -0.3 is 19.1 Å². The number of methoxy groups -OCH3 is 1. The van der Waals surface area contributed by atoms with E-state index in [1.54, 1.807) is 85.1 Å². The molecule has 4 amide bonds. The number of ether oxygens (including phenoxy) is 3. The molecule has 0 spiro atoms.